The van der Waals surface area contributed by atoms with Crippen LogP contribution in [0.5, 0.6) is 0 Å². The number of hydrogen-bond donors (Lipinski definition) is 1. The van der Waals surface area contributed by atoms with Crippen molar-refractivity contribution >= 4 is 40.8 Å². The van der Waals surface area contributed by atoms with Crippen LogP contribution in [0.25, 0.3) is 0 Å². The molecule has 3 nitrogen and oxygen atoms in total. The van der Waals surface area contributed by atoms with Gasteiger partial charge in [0.05, 0.1) is 6.54 Å². The van der Waals surface area contributed by atoms with Crippen LogP contribution in [0, 0.1) is 0 Å². The molecule has 1 atom stereocenters. The van der Waals surface area contributed by atoms with E-state index in [0.717, 1.165) is 0 Å². The van der Waals surface area contributed by atoms with Crippen LogP contribution in [0.1, 0.15) is 13.3 Å². The van der Waals surface area contributed by atoms with E-state index in [1.165, 1.54) is 0 Å². The van der Waals surface area contributed by atoms with Gasteiger partial charge in [0.2, 0.25) is 0 Å². The zero-order valence-corrected chi connectivity index (χ0v) is 8.79. The number of hydrogen-bond acceptors (Lipinski definition) is 3. The third-order valence-corrected chi connectivity index (χ3v) is 1.48. The van der Waals surface area contributed by atoms with Crippen LogP contribution in [-0.2, 0) is 9.53 Å². The van der Waals surface area contributed by atoms with Crippen molar-refractivity contribution in [3.63, 3.8) is 0 Å². The van der Waals surface area contributed by atoms with Crippen LogP contribution in [0.2, 0.25) is 0 Å². The molecule has 6 heteroatoms. The van der Waals surface area contributed by atoms with Crippen molar-refractivity contribution in [3.05, 3.63) is 0 Å². The normalized spacial score (nSPS) is 14.1. The Bertz CT molecular complexity index is 157. The fourth-order valence-corrected chi connectivity index (χ4v) is 1.29. The minimum Gasteiger partial charge on any atom is -0.462 e. The van der Waals surface area contributed by atoms with Crippen LogP contribution >= 0.6 is 34.8 Å². The highest BCUT2D eigenvalue weighted by molar-refractivity contribution is 6.67. The summed E-state index contributed by atoms with van der Waals surface area (Å²) in [6.07, 6.45) is -0.280. The average Bonchev–Trinajstić information content (AvgIpc) is 1.82. The summed E-state index contributed by atoms with van der Waals surface area (Å²) in [6, 6.07) is 0. The highest BCUT2D eigenvalue weighted by Crippen LogP contribution is 2.31. The molecule has 0 aliphatic rings. The van der Waals surface area contributed by atoms with Crippen molar-refractivity contribution in [1.82, 2.24) is 0 Å². The van der Waals surface area contributed by atoms with Crippen molar-refractivity contribution in [2.45, 2.75) is 23.2 Å². The molecular formula is C6H10Cl3NO2. The number of esters is 1. The second-order valence-electron chi connectivity index (χ2n) is 2.32. The zero-order chi connectivity index (χ0) is 9.78. The monoisotopic (exact) mass is 233 g/mol. The maximum Gasteiger partial charge on any atom is 0.319 e. The lowest BCUT2D eigenvalue weighted by Crippen LogP contribution is -2.25. The molecule has 0 aromatic carbocycles. The number of nitrogens with two attached hydrogens (primary N) is 1. The summed E-state index contributed by atoms with van der Waals surface area (Å²) in [7, 11) is 0. The first-order valence-corrected chi connectivity index (χ1v) is 4.45. The van der Waals surface area contributed by atoms with Gasteiger partial charge >= 0.3 is 5.97 Å². The summed E-state index contributed by atoms with van der Waals surface area (Å²) in [5.41, 5.74) is 5.01. The highest BCUT2D eigenvalue weighted by Gasteiger charge is 2.24. The Morgan fingerprint density at radius 3 is 2.42 bits per heavy atom. The number of carbonyl (C=O) groups excluding carboxylic acids is 1. The molecule has 0 heterocycles. The molecule has 0 aliphatic carbocycles. The van der Waals surface area contributed by atoms with E-state index >= 15 is 0 Å². The van der Waals surface area contributed by atoms with Gasteiger partial charge in [-0.1, -0.05) is 34.8 Å². The number of ether oxygens (including phenoxy) is 1. The number of halogens is 3. The Morgan fingerprint density at radius 2 is 2.08 bits per heavy atom. The Balaban J connectivity index is 3.74. The lowest BCUT2D eigenvalue weighted by Gasteiger charge is -2.17. The predicted octanol–water partition coefficient (Wildman–Crippen LogP) is 1.64. The zero-order valence-electron chi connectivity index (χ0n) is 6.52. The van der Waals surface area contributed by atoms with Crippen LogP contribution in [-0.4, -0.2) is 22.4 Å². The first-order chi connectivity index (χ1) is 5.35. The van der Waals surface area contributed by atoms with E-state index in [2.05, 4.69) is 0 Å². The molecule has 12 heavy (non-hydrogen) atoms. The molecule has 2 N–H and O–H groups in total. The van der Waals surface area contributed by atoms with E-state index in [1.807, 2.05) is 0 Å². The van der Waals surface area contributed by atoms with Gasteiger partial charge in [-0.2, -0.15) is 0 Å². The van der Waals surface area contributed by atoms with Crippen molar-refractivity contribution in [3.8, 4) is 0 Å². The molecule has 1 unspecified atom stereocenters. The molecule has 0 saturated carbocycles. The molecule has 0 aromatic heterocycles. The standard InChI is InChI=1S/C6H10Cl3NO2/c1-4(2-6(7,8)9)12-5(11)3-10/h4H,2-3,10H2,1H3. The Hall–Kier alpha value is 0.300. The van der Waals surface area contributed by atoms with Gasteiger partial charge in [-0.15, -0.1) is 0 Å². The van der Waals surface area contributed by atoms with Crippen LogP contribution in [0.15, 0.2) is 0 Å². The summed E-state index contributed by atoms with van der Waals surface area (Å²) >= 11 is 16.4. The third-order valence-electron chi connectivity index (χ3n) is 1.02. The molecule has 0 spiro atoms. The first kappa shape index (κ1) is 12.3. The second-order valence-corrected chi connectivity index (χ2v) is 4.84. The molecule has 72 valence electrons. The molecule has 0 aromatic rings. The molecule has 0 radical (unpaired) electrons. The summed E-state index contributed by atoms with van der Waals surface area (Å²) in [6.45, 7) is 1.47. The van der Waals surface area contributed by atoms with Gasteiger partial charge in [-0.25, -0.2) is 0 Å². The molecular weight excluding hydrogens is 224 g/mol. The summed E-state index contributed by atoms with van der Waals surface area (Å²) in [4.78, 5) is 10.6. The second kappa shape index (κ2) is 5.12. The summed E-state index contributed by atoms with van der Waals surface area (Å²) in [5, 5.41) is 0. The minimum atomic E-state index is -1.39. The van der Waals surface area contributed by atoms with Crippen molar-refractivity contribution in [2.24, 2.45) is 5.73 Å². The van der Waals surface area contributed by atoms with Gasteiger partial charge in [0, 0.05) is 6.42 Å². The lowest BCUT2D eigenvalue weighted by molar-refractivity contribution is -0.146. The number of rotatable bonds is 3. The van der Waals surface area contributed by atoms with E-state index in [4.69, 9.17) is 45.3 Å². The Labute approximate surface area is 86.1 Å². The molecule has 0 rings (SSSR count). The van der Waals surface area contributed by atoms with Crippen LogP contribution < -0.4 is 5.73 Å². The Kier molecular flexibility index (Phi) is 5.25. The van der Waals surface area contributed by atoms with Crippen molar-refractivity contribution < 1.29 is 9.53 Å². The Morgan fingerprint density at radius 1 is 1.58 bits per heavy atom. The highest BCUT2D eigenvalue weighted by atomic mass is 35.6. The van der Waals surface area contributed by atoms with Gasteiger partial charge in [0.25, 0.3) is 0 Å². The van der Waals surface area contributed by atoms with Gasteiger partial charge < -0.3 is 10.5 Å². The summed E-state index contributed by atoms with van der Waals surface area (Å²) in [5.74, 6) is -0.503. The fraction of sp³-hybridized carbons (Fsp3) is 0.833. The van der Waals surface area contributed by atoms with Gasteiger partial charge in [0.1, 0.15) is 6.10 Å². The largest absolute Gasteiger partial charge is 0.462 e. The topological polar surface area (TPSA) is 52.3 Å². The van der Waals surface area contributed by atoms with Gasteiger partial charge in [0.15, 0.2) is 3.79 Å². The van der Waals surface area contributed by atoms with Crippen LogP contribution in [0.3, 0.4) is 0 Å². The average molecular weight is 235 g/mol. The van der Waals surface area contributed by atoms with E-state index in [9.17, 15) is 4.79 Å². The van der Waals surface area contributed by atoms with Crippen molar-refractivity contribution in [1.29, 1.82) is 0 Å². The number of alkyl halides is 3. The van der Waals surface area contributed by atoms with Gasteiger partial charge in [-0.05, 0) is 6.92 Å². The fourth-order valence-electron chi connectivity index (χ4n) is 0.640. The maximum atomic E-state index is 10.6. The smallest absolute Gasteiger partial charge is 0.319 e. The quantitative estimate of drug-likeness (QED) is 0.597. The minimum absolute atomic E-state index is 0.156. The van der Waals surface area contributed by atoms with E-state index < -0.39 is 15.9 Å². The summed E-state index contributed by atoms with van der Waals surface area (Å²) < 4.78 is 3.36. The first-order valence-electron chi connectivity index (χ1n) is 3.31. The SMILES string of the molecule is CC(CC(Cl)(Cl)Cl)OC(=O)CN. The molecule has 0 fully saturated rings. The molecule has 0 aliphatic heterocycles. The maximum absolute atomic E-state index is 10.6. The van der Waals surface area contributed by atoms with E-state index in [0.29, 0.717) is 0 Å². The molecule has 0 saturated heterocycles. The predicted molar refractivity (Wildman–Crippen MR) is 49.5 cm³/mol. The van der Waals surface area contributed by atoms with E-state index in [-0.39, 0.29) is 13.0 Å². The van der Waals surface area contributed by atoms with Crippen molar-refractivity contribution in [2.75, 3.05) is 6.54 Å². The lowest BCUT2D eigenvalue weighted by atomic mass is 10.3. The third kappa shape index (κ3) is 6.98. The molecule has 0 amide bonds. The van der Waals surface area contributed by atoms with E-state index in [1.54, 1.807) is 6.92 Å². The molecule has 0 bridgehead atoms. The van der Waals surface area contributed by atoms with Crippen LogP contribution in [0.4, 0.5) is 0 Å². The number of carbonyl (C=O) groups is 1. The van der Waals surface area contributed by atoms with Gasteiger partial charge in [-0.3, -0.25) is 4.79 Å².